The Morgan fingerprint density at radius 1 is 1.00 bits per heavy atom. The van der Waals surface area contributed by atoms with Crippen LogP contribution < -0.4 is 15.0 Å². The molecule has 1 atom stereocenters. The molecule has 1 unspecified atom stereocenters. The number of nitrogens with one attached hydrogen (secondary N) is 1. The van der Waals surface area contributed by atoms with E-state index in [4.69, 9.17) is 19.4 Å². The van der Waals surface area contributed by atoms with Crippen molar-refractivity contribution in [1.29, 1.82) is 0 Å². The van der Waals surface area contributed by atoms with Crippen molar-refractivity contribution in [3.05, 3.63) is 35.0 Å². The maximum absolute atomic E-state index is 12.7. The van der Waals surface area contributed by atoms with Gasteiger partial charge in [-0.1, -0.05) is 6.07 Å². The first-order valence-electron chi connectivity index (χ1n) is 13.5. The van der Waals surface area contributed by atoms with Gasteiger partial charge in [-0.3, -0.25) is 0 Å². The topological polar surface area (TPSA) is 85.8 Å². The van der Waals surface area contributed by atoms with Gasteiger partial charge in [0.25, 0.3) is 0 Å². The highest BCUT2D eigenvalue weighted by atomic mass is 32.2. The van der Waals surface area contributed by atoms with Crippen LogP contribution in [0.2, 0.25) is 0 Å². The van der Waals surface area contributed by atoms with Crippen LogP contribution in [-0.2, 0) is 35.2 Å². The number of benzene rings is 1. The number of nitrogens with zero attached hydrogens (tertiary/aromatic N) is 4. The molecule has 2 saturated heterocycles. The van der Waals surface area contributed by atoms with Gasteiger partial charge in [0.2, 0.25) is 10.8 Å². The second-order valence-corrected chi connectivity index (χ2v) is 12.0. The summed E-state index contributed by atoms with van der Waals surface area (Å²) in [6, 6.07) is 6.98. The molecule has 4 aliphatic rings. The fourth-order valence-corrected chi connectivity index (χ4v) is 7.02. The molecule has 2 fully saturated rings. The summed E-state index contributed by atoms with van der Waals surface area (Å²) in [6.07, 6.45) is 6.94. The second kappa shape index (κ2) is 10.7. The van der Waals surface area contributed by atoms with E-state index in [1.165, 1.54) is 11.1 Å². The van der Waals surface area contributed by atoms with Gasteiger partial charge in [-0.25, -0.2) is 4.98 Å². The molecule has 1 N–H and O–H groups in total. The predicted octanol–water partition coefficient (Wildman–Crippen LogP) is 2.81. The molecule has 2 aromatic rings. The van der Waals surface area contributed by atoms with Crippen LogP contribution in [0.3, 0.4) is 0 Å². The van der Waals surface area contributed by atoms with Crippen LogP contribution in [0.1, 0.15) is 42.5 Å². The molecule has 9 heteroatoms. The molecule has 0 spiro atoms. The van der Waals surface area contributed by atoms with Crippen molar-refractivity contribution in [2.24, 2.45) is 0 Å². The van der Waals surface area contributed by atoms with Crippen molar-refractivity contribution in [3.63, 3.8) is 0 Å². The van der Waals surface area contributed by atoms with E-state index < -0.39 is 11.2 Å². The molecule has 5 heterocycles. The van der Waals surface area contributed by atoms with Crippen LogP contribution in [0.25, 0.3) is 0 Å². The van der Waals surface area contributed by atoms with Gasteiger partial charge in [-0.15, -0.1) is 0 Å². The maximum Gasteiger partial charge on any atom is 0.227 e. The summed E-state index contributed by atoms with van der Waals surface area (Å²) in [5, 5.41) is 3.59. The lowest BCUT2D eigenvalue weighted by molar-refractivity contribution is 0.0903. The molecule has 36 heavy (non-hydrogen) atoms. The molecular formula is C27H37N5O3S. The van der Waals surface area contributed by atoms with Gasteiger partial charge in [0, 0.05) is 64.7 Å². The smallest absolute Gasteiger partial charge is 0.227 e. The first-order chi connectivity index (χ1) is 17.6. The van der Waals surface area contributed by atoms with E-state index in [1.807, 2.05) is 0 Å². The van der Waals surface area contributed by atoms with E-state index in [-0.39, 0.29) is 6.10 Å². The van der Waals surface area contributed by atoms with Gasteiger partial charge >= 0.3 is 0 Å². The summed E-state index contributed by atoms with van der Waals surface area (Å²) < 4.78 is 24.6. The Balaban J connectivity index is 1.11. The molecule has 0 saturated carbocycles. The highest BCUT2D eigenvalue weighted by Gasteiger charge is 2.34. The van der Waals surface area contributed by atoms with Crippen molar-refractivity contribution in [2.75, 3.05) is 62.4 Å². The van der Waals surface area contributed by atoms with Gasteiger partial charge in [-0.05, 0) is 67.2 Å². The molecule has 4 aliphatic heterocycles. The standard InChI is InChI=1S/C27H37N5O3S/c1-31-11-4-19-2-3-23(18-20(19)5-12-31)35-22-6-13-32(14-7-22)27-29-24-10-17-36(33)25(24)26(30-27)28-21-8-15-34-16-9-21/h2-3,18,21-22H,4-17H2,1H3,(H,28,29,30). The summed E-state index contributed by atoms with van der Waals surface area (Å²) in [6.45, 7) is 5.47. The Kier molecular flexibility index (Phi) is 7.24. The SMILES string of the molecule is CN1CCc2ccc(OC3CCN(c4nc5c(c(NC6CCOCC6)n4)[S+]([O-])CC5)CC3)cc2CC1. The average molecular weight is 512 g/mol. The molecule has 1 aromatic carbocycles. The molecule has 0 radical (unpaired) electrons. The largest absolute Gasteiger partial charge is 0.611 e. The number of likely N-dealkylation sites (N-methyl/N-ethyl adjacent to an activating group) is 1. The number of aryl methyl sites for hydroxylation is 1. The summed E-state index contributed by atoms with van der Waals surface area (Å²) in [5.41, 5.74) is 3.84. The van der Waals surface area contributed by atoms with Gasteiger partial charge in [0.15, 0.2) is 5.82 Å². The van der Waals surface area contributed by atoms with E-state index >= 15 is 0 Å². The molecule has 0 aliphatic carbocycles. The van der Waals surface area contributed by atoms with Crippen molar-refractivity contribution in [1.82, 2.24) is 14.9 Å². The quantitative estimate of drug-likeness (QED) is 0.614. The Morgan fingerprint density at radius 2 is 1.78 bits per heavy atom. The fraction of sp³-hybridized carbons (Fsp3) is 0.630. The van der Waals surface area contributed by atoms with Gasteiger partial charge in [0.05, 0.1) is 0 Å². The van der Waals surface area contributed by atoms with E-state index in [9.17, 15) is 4.55 Å². The molecule has 194 valence electrons. The highest BCUT2D eigenvalue weighted by molar-refractivity contribution is 7.91. The van der Waals surface area contributed by atoms with Crippen LogP contribution >= 0.6 is 0 Å². The molecule has 1 aromatic heterocycles. The van der Waals surface area contributed by atoms with Crippen LogP contribution in [0.5, 0.6) is 5.75 Å². The van der Waals surface area contributed by atoms with Crippen molar-refractivity contribution in [2.45, 2.75) is 62.0 Å². The number of hydrogen-bond donors (Lipinski definition) is 1. The third-order valence-corrected chi connectivity index (χ3v) is 9.43. The summed E-state index contributed by atoms with van der Waals surface area (Å²) >= 11 is -1.02. The zero-order valence-electron chi connectivity index (χ0n) is 21.2. The summed E-state index contributed by atoms with van der Waals surface area (Å²) in [4.78, 5) is 15.3. The van der Waals surface area contributed by atoms with Crippen LogP contribution in [0.4, 0.5) is 11.8 Å². The van der Waals surface area contributed by atoms with E-state index in [1.54, 1.807) is 0 Å². The van der Waals surface area contributed by atoms with Crippen molar-refractivity contribution in [3.8, 4) is 5.75 Å². The van der Waals surface area contributed by atoms with Crippen molar-refractivity contribution < 1.29 is 14.0 Å². The molecule has 6 rings (SSSR count). The van der Waals surface area contributed by atoms with Crippen LogP contribution in [-0.4, -0.2) is 83.8 Å². The summed E-state index contributed by atoms with van der Waals surface area (Å²) in [7, 11) is 2.20. The third-order valence-electron chi connectivity index (χ3n) is 7.97. The molecule has 0 bridgehead atoms. The van der Waals surface area contributed by atoms with Gasteiger partial charge in [-0.2, -0.15) is 4.98 Å². The zero-order chi connectivity index (χ0) is 24.5. The normalized spacial score (nSPS) is 23.7. The highest BCUT2D eigenvalue weighted by Crippen LogP contribution is 2.34. The average Bonchev–Trinajstić information content (AvgIpc) is 3.18. The number of aromatic nitrogens is 2. The molecule has 8 nitrogen and oxygen atoms in total. The van der Waals surface area contributed by atoms with E-state index in [0.717, 1.165) is 112 Å². The van der Waals surface area contributed by atoms with E-state index in [0.29, 0.717) is 11.8 Å². The number of ether oxygens (including phenoxy) is 2. The monoisotopic (exact) mass is 511 g/mol. The number of piperidine rings is 1. The minimum atomic E-state index is -1.02. The Bertz CT molecular complexity index is 1070. The fourth-order valence-electron chi connectivity index (χ4n) is 5.71. The Hall–Kier alpha value is -2.07. The molecular weight excluding hydrogens is 474 g/mol. The van der Waals surface area contributed by atoms with Crippen LogP contribution in [0, 0.1) is 0 Å². The number of anilines is 2. The predicted molar refractivity (Wildman–Crippen MR) is 142 cm³/mol. The minimum Gasteiger partial charge on any atom is -0.611 e. The van der Waals surface area contributed by atoms with Gasteiger partial charge < -0.3 is 29.1 Å². The summed E-state index contributed by atoms with van der Waals surface area (Å²) in [5.74, 6) is 3.17. The first kappa shape index (κ1) is 24.3. The Labute approximate surface area is 216 Å². The number of hydrogen-bond acceptors (Lipinski definition) is 8. The number of rotatable bonds is 5. The first-order valence-corrected chi connectivity index (χ1v) is 14.8. The van der Waals surface area contributed by atoms with Crippen molar-refractivity contribution >= 4 is 22.9 Å². The van der Waals surface area contributed by atoms with Crippen LogP contribution in [0.15, 0.2) is 23.1 Å². The lowest BCUT2D eigenvalue weighted by Gasteiger charge is -2.33. The maximum atomic E-state index is 12.7. The second-order valence-electron chi connectivity index (χ2n) is 10.5. The zero-order valence-corrected chi connectivity index (χ0v) is 22.0. The van der Waals surface area contributed by atoms with E-state index in [2.05, 4.69) is 40.4 Å². The number of fused-ring (bicyclic) bond motifs is 2. The lowest BCUT2D eigenvalue weighted by atomic mass is 10.0. The Morgan fingerprint density at radius 3 is 2.58 bits per heavy atom. The lowest BCUT2D eigenvalue weighted by Crippen LogP contribution is -2.39. The molecule has 0 amide bonds. The third kappa shape index (κ3) is 5.30. The minimum absolute atomic E-state index is 0.203. The van der Waals surface area contributed by atoms with Gasteiger partial charge in [0.1, 0.15) is 23.3 Å².